The third-order valence-electron chi connectivity index (χ3n) is 2.79. The summed E-state index contributed by atoms with van der Waals surface area (Å²) in [6.45, 7) is 4.77. The van der Waals surface area contributed by atoms with Gasteiger partial charge in [0.05, 0.1) is 6.61 Å². The minimum atomic E-state index is -0.259. The number of benzene rings is 1. The van der Waals surface area contributed by atoms with Crippen molar-refractivity contribution in [3.05, 3.63) is 41.5 Å². The Kier molecular flexibility index (Phi) is 6.85. The predicted octanol–water partition coefficient (Wildman–Crippen LogP) is 4.00. The molecule has 0 bridgehead atoms. The zero-order chi connectivity index (χ0) is 13.2. The van der Waals surface area contributed by atoms with Gasteiger partial charge < -0.3 is 4.74 Å². The fourth-order valence-corrected chi connectivity index (χ4v) is 1.60. The van der Waals surface area contributed by atoms with Crippen LogP contribution in [-0.2, 0) is 16.0 Å². The lowest BCUT2D eigenvalue weighted by atomic mass is 10.1. The summed E-state index contributed by atoms with van der Waals surface area (Å²) in [5, 5.41) is 0. The first-order chi connectivity index (χ1) is 8.76. The van der Waals surface area contributed by atoms with Crippen LogP contribution >= 0.6 is 0 Å². The van der Waals surface area contributed by atoms with Gasteiger partial charge >= 0.3 is 5.97 Å². The maximum atomic E-state index is 11.4. The molecule has 18 heavy (non-hydrogen) atoms. The lowest BCUT2D eigenvalue weighted by Crippen LogP contribution is -2.01. The molecule has 0 atom stereocenters. The van der Waals surface area contributed by atoms with Gasteiger partial charge in [-0.15, -0.1) is 0 Å². The number of rotatable bonds is 7. The smallest absolute Gasteiger partial charge is 0.330 e. The van der Waals surface area contributed by atoms with Gasteiger partial charge in [0, 0.05) is 6.08 Å². The highest BCUT2D eigenvalue weighted by Gasteiger charge is 1.96. The van der Waals surface area contributed by atoms with Gasteiger partial charge in [-0.3, -0.25) is 0 Å². The van der Waals surface area contributed by atoms with E-state index in [1.807, 2.05) is 12.1 Å². The molecular formula is C16H22O2. The maximum Gasteiger partial charge on any atom is 0.330 e. The largest absolute Gasteiger partial charge is 0.463 e. The van der Waals surface area contributed by atoms with Crippen molar-refractivity contribution in [3.8, 4) is 0 Å². The molecule has 0 aromatic heterocycles. The van der Waals surface area contributed by atoms with Gasteiger partial charge in [-0.2, -0.15) is 0 Å². The second-order valence-corrected chi connectivity index (χ2v) is 4.30. The van der Waals surface area contributed by atoms with Crippen LogP contribution in [0.5, 0.6) is 0 Å². The minimum Gasteiger partial charge on any atom is -0.463 e. The molecule has 0 aliphatic carbocycles. The van der Waals surface area contributed by atoms with Crippen LogP contribution < -0.4 is 0 Å². The molecule has 0 aliphatic rings. The Morgan fingerprint density at radius 2 is 1.89 bits per heavy atom. The lowest BCUT2D eigenvalue weighted by molar-refractivity contribution is -0.137. The predicted molar refractivity (Wildman–Crippen MR) is 75.3 cm³/mol. The zero-order valence-corrected chi connectivity index (χ0v) is 11.3. The molecule has 0 aliphatic heterocycles. The van der Waals surface area contributed by atoms with Crippen molar-refractivity contribution in [3.63, 3.8) is 0 Å². The van der Waals surface area contributed by atoms with Crippen molar-refractivity contribution in [2.45, 2.75) is 39.5 Å². The molecule has 1 rings (SSSR count). The second-order valence-electron chi connectivity index (χ2n) is 4.30. The fourth-order valence-electron chi connectivity index (χ4n) is 1.60. The Bertz CT molecular complexity index is 377. The number of unbranched alkanes of at least 4 members (excludes halogenated alkanes) is 2. The third-order valence-corrected chi connectivity index (χ3v) is 2.79. The van der Waals surface area contributed by atoms with Crippen LogP contribution in [0.15, 0.2) is 30.3 Å². The van der Waals surface area contributed by atoms with Gasteiger partial charge in [-0.05, 0) is 30.0 Å². The average molecular weight is 246 g/mol. The molecule has 1 aromatic rings. The van der Waals surface area contributed by atoms with Crippen molar-refractivity contribution in [2.24, 2.45) is 0 Å². The number of hydrogen-bond donors (Lipinski definition) is 0. The number of hydrogen-bond acceptors (Lipinski definition) is 2. The van der Waals surface area contributed by atoms with E-state index >= 15 is 0 Å². The molecule has 0 fully saturated rings. The lowest BCUT2D eigenvalue weighted by Gasteiger charge is -2.00. The number of aryl methyl sites for hydroxylation is 1. The van der Waals surface area contributed by atoms with E-state index < -0.39 is 0 Å². The van der Waals surface area contributed by atoms with Crippen molar-refractivity contribution in [1.82, 2.24) is 0 Å². The van der Waals surface area contributed by atoms with Gasteiger partial charge in [0.25, 0.3) is 0 Å². The first-order valence-electron chi connectivity index (χ1n) is 6.70. The summed E-state index contributed by atoms with van der Waals surface area (Å²) in [4.78, 5) is 11.4. The van der Waals surface area contributed by atoms with Crippen LogP contribution in [0.3, 0.4) is 0 Å². The van der Waals surface area contributed by atoms with Crippen LogP contribution in [-0.4, -0.2) is 12.6 Å². The van der Waals surface area contributed by atoms with Gasteiger partial charge in [-0.1, -0.05) is 51.0 Å². The normalized spacial score (nSPS) is 10.8. The van der Waals surface area contributed by atoms with E-state index in [4.69, 9.17) is 4.74 Å². The van der Waals surface area contributed by atoms with Crippen LogP contribution in [0.2, 0.25) is 0 Å². The van der Waals surface area contributed by atoms with Crippen molar-refractivity contribution in [2.75, 3.05) is 6.61 Å². The maximum absolute atomic E-state index is 11.4. The molecule has 0 radical (unpaired) electrons. The molecule has 0 heterocycles. The summed E-state index contributed by atoms with van der Waals surface area (Å²) in [7, 11) is 0. The summed E-state index contributed by atoms with van der Waals surface area (Å²) in [6, 6.07) is 8.18. The zero-order valence-electron chi connectivity index (χ0n) is 11.3. The highest BCUT2D eigenvalue weighted by Crippen LogP contribution is 2.06. The van der Waals surface area contributed by atoms with E-state index in [9.17, 15) is 4.79 Å². The van der Waals surface area contributed by atoms with Crippen molar-refractivity contribution >= 4 is 12.0 Å². The quantitative estimate of drug-likeness (QED) is 0.413. The van der Waals surface area contributed by atoms with Gasteiger partial charge in [0.2, 0.25) is 0 Å². The van der Waals surface area contributed by atoms with Crippen LogP contribution in [0.1, 0.15) is 44.2 Å². The number of esters is 1. The highest BCUT2D eigenvalue weighted by molar-refractivity contribution is 5.87. The van der Waals surface area contributed by atoms with E-state index in [2.05, 4.69) is 26.0 Å². The molecule has 1 aromatic carbocycles. The van der Waals surface area contributed by atoms with Gasteiger partial charge in [0.15, 0.2) is 0 Å². The fraction of sp³-hybridized carbons (Fsp3) is 0.438. The van der Waals surface area contributed by atoms with E-state index in [1.54, 1.807) is 6.08 Å². The number of ether oxygens (including phenoxy) is 1. The van der Waals surface area contributed by atoms with E-state index in [1.165, 1.54) is 11.6 Å². The summed E-state index contributed by atoms with van der Waals surface area (Å²) in [5.41, 5.74) is 2.33. The molecule has 0 spiro atoms. The molecular weight excluding hydrogens is 224 g/mol. The molecule has 2 nitrogen and oxygen atoms in total. The second kappa shape index (κ2) is 8.51. The van der Waals surface area contributed by atoms with E-state index in [-0.39, 0.29) is 5.97 Å². The Labute approximate surface area is 110 Å². The number of carbonyl (C=O) groups excluding carboxylic acids is 1. The standard InChI is InChI=1S/C16H22O2/c1-3-5-6-13-18-16(17)12-11-15-9-7-14(4-2)8-10-15/h7-12H,3-6,13H2,1-2H3. The Balaban J connectivity index is 2.35. The monoisotopic (exact) mass is 246 g/mol. The first kappa shape index (κ1) is 14.5. The van der Waals surface area contributed by atoms with Crippen molar-refractivity contribution < 1.29 is 9.53 Å². The summed E-state index contributed by atoms with van der Waals surface area (Å²) in [6.07, 6.45) is 7.51. The topological polar surface area (TPSA) is 26.3 Å². The highest BCUT2D eigenvalue weighted by atomic mass is 16.5. The van der Waals surface area contributed by atoms with E-state index in [0.717, 1.165) is 31.2 Å². The molecule has 0 saturated heterocycles. The Morgan fingerprint density at radius 1 is 1.17 bits per heavy atom. The number of carbonyl (C=O) groups is 1. The summed E-state index contributed by atoms with van der Waals surface area (Å²) < 4.78 is 5.08. The van der Waals surface area contributed by atoms with Gasteiger partial charge in [-0.25, -0.2) is 4.79 Å². The summed E-state index contributed by atoms with van der Waals surface area (Å²) in [5.74, 6) is -0.259. The van der Waals surface area contributed by atoms with Gasteiger partial charge in [0.1, 0.15) is 0 Å². The molecule has 0 saturated carbocycles. The van der Waals surface area contributed by atoms with Crippen molar-refractivity contribution in [1.29, 1.82) is 0 Å². The Morgan fingerprint density at radius 3 is 2.50 bits per heavy atom. The summed E-state index contributed by atoms with van der Waals surface area (Å²) >= 11 is 0. The van der Waals surface area contributed by atoms with Crippen LogP contribution in [0.25, 0.3) is 6.08 Å². The van der Waals surface area contributed by atoms with Crippen LogP contribution in [0.4, 0.5) is 0 Å². The molecule has 0 N–H and O–H groups in total. The molecule has 0 amide bonds. The van der Waals surface area contributed by atoms with Crippen LogP contribution in [0, 0.1) is 0 Å². The third kappa shape index (κ3) is 5.67. The Hall–Kier alpha value is -1.57. The molecule has 2 heteroatoms. The average Bonchev–Trinajstić information content (AvgIpc) is 2.42. The molecule has 98 valence electrons. The SMILES string of the molecule is CCCCCOC(=O)C=Cc1ccc(CC)cc1. The van der Waals surface area contributed by atoms with E-state index in [0.29, 0.717) is 6.61 Å². The molecule has 0 unspecified atom stereocenters. The first-order valence-corrected chi connectivity index (χ1v) is 6.70. The minimum absolute atomic E-state index is 0.259.